The van der Waals surface area contributed by atoms with Gasteiger partial charge in [-0.25, -0.2) is 9.69 Å². The van der Waals surface area contributed by atoms with E-state index in [4.69, 9.17) is 10.00 Å². The van der Waals surface area contributed by atoms with Crippen molar-refractivity contribution in [3.63, 3.8) is 0 Å². The topological polar surface area (TPSA) is 70.4 Å². The number of benzene rings is 1. The van der Waals surface area contributed by atoms with Crippen molar-refractivity contribution in [3.8, 4) is 6.19 Å². The molecule has 0 unspecified atom stereocenters. The van der Waals surface area contributed by atoms with Gasteiger partial charge in [-0.3, -0.25) is 4.79 Å². The van der Waals surface area contributed by atoms with Crippen molar-refractivity contribution in [2.45, 2.75) is 38.8 Å². The molecule has 0 fully saturated rings. The monoisotopic (exact) mass is 273 g/mol. The molecule has 0 bridgehead atoms. The Morgan fingerprint density at radius 3 is 2.40 bits per heavy atom. The van der Waals surface area contributed by atoms with Gasteiger partial charge in [0.25, 0.3) is 0 Å². The first-order chi connectivity index (χ1) is 9.37. The quantitative estimate of drug-likeness (QED) is 0.624. The fourth-order valence-electron chi connectivity index (χ4n) is 1.57. The Balaban J connectivity index is 2.83. The van der Waals surface area contributed by atoms with E-state index in [1.54, 1.807) is 33.3 Å². The third-order valence-electron chi connectivity index (χ3n) is 2.42. The van der Waals surface area contributed by atoms with E-state index in [0.717, 1.165) is 5.56 Å². The molecule has 0 aliphatic rings. The third-order valence-corrected chi connectivity index (χ3v) is 2.42. The van der Waals surface area contributed by atoms with Crippen molar-refractivity contribution < 1.29 is 14.3 Å². The molecule has 0 heterocycles. The Morgan fingerprint density at radius 2 is 1.95 bits per heavy atom. The minimum Gasteiger partial charge on any atom is -0.443 e. The van der Waals surface area contributed by atoms with Crippen LogP contribution < -0.4 is 0 Å². The van der Waals surface area contributed by atoms with Gasteiger partial charge in [-0.1, -0.05) is 30.3 Å². The van der Waals surface area contributed by atoms with Gasteiger partial charge >= 0.3 is 6.09 Å². The van der Waals surface area contributed by atoms with Crippen LogP contribution in [0.2, 0.25) is 0 Å². The van der Waals surface area contributed by atoms with Crippen molar-refractivity contribution in [2.24, 2.45) is 0 Å². The first-order valence-electron chi connectivity index (χ1n) is 6.21. The van der Waals surface area contributed by atoms with E-state index in [1.165, 1.54) is 0 Å². The number of carbonyl (C=O) groups is 1. The molecule has 0 saturated heterocycles. The zero-order chi connectivity index (χ0) is 15.2. The third kappa shape index (κ3) is 4.73. The van der Waals surface area contributed by atoms with Gasteiger partial charge in [-0.05, 0) is 26.3 Å². The van der Waals surface area contributed by atoms with Gasteiger partial charge in [0.1, 0.15) is 11.6 Å². The lowest BCUT2D eigenvalue weighted by molar-refractivity contribution is 0.0321. The van der Waals surface area contributed by atoms with E-state index in [-0.39, 0.29) is 6.42 Å². The minimum atomic E-state index is -0.989. The second kappa shape index (κ2) is 6.71. The van der Waals surface area contributed by atoms with Crippen LogP contribution in [0.4, 0.5) is 4.79 Å². The maximum absolute atomic E-state index is 11.9. The Kier molecular flexibility index (Phi) is 5.27. The summed E-state index contributed by atoms with van der Waals surface area (Å²) in [5.74, 6) is 0. The second-order valence-corrected chi connectivity index (χ2v) is 5.27. The molecular weight excluding hydrogens is 256 g/mol. The summed E-state index contributed by atoms with van der Waals surface area (Å²) in [5.41, 5.74) is 0.108. The van der Waals surface area contributed by atoms with Crippen LogP contribution in [0.25, 0.3) is 0 Å². The molecule has 1 amide bonds. The normalized spacial score (nSPS) is 12.1. The number of nitrogens with zero attached hydrogens (tertiary/aromatic N) is 2. The van der Waals surface area contributed by atoms with Gasteiger partial charge < -0.3 is 4.74 Å². The molecule has 0 aliphatic carbocycles. The van der Waals surface area contributed by atoms with Crippen molar-refractivity contribution in [3.05, 3.63) is 35.9 Å². The van der Waals surface area contributed by atoms with Gasteiger partial charge in [0.15, 0.2) is 6.19 Å². The molecule has 1 radical (unpaired) electrons. The largest absolute Gasteiger partial charge is 0.443 e. The van der Waals surface area contributed by atoms with Crippen LogP contribution in [-0.2, 0) is 16.0 Å². The molecule has 0 aliphatic heterocycles. The number of hydrogen-bond donors (Lipinski definition) is 0. The molecule has 20 heavy (non-hydrogen) atoms. The Labute approximate surface area is 118 Å². The summed E-state index contributed by atoms with van der Waals surface area (Å²) in [6, 6.07) is 8.13. The van der Waals surface area contributed by atoms with E-state index < -0.39 is 17.7 Å². The second-order valence-electron chi connectivity index (χ2n) is 5.27. The first kappa shape index (κ1) is 15.7. The minimum absolute atomic E-state index is 0.219. The zero-order valence-electron chi connectivity index (χ0n) is 11.8. The SMILES string of the molecule is CC(C)(C)OC(=O)N(C#N)[C@H]([C]=O)Cc1ccccc1. The molecule has 105 valence electrons. The predicted molar refractivity (Wildman–Crippen MR) is 73.3 cm³/mol. The van der Waals surface area contributed by atoms with E-state index in [9.17, 15) is 9.59 Å². The van der Waals surface area contributed by atoms with Gasteiger partial charge in [-0.2, -0.15) is 5.26 Å². The van der Waals surface area contributed by atoms with Gasteiger partial charge in [0, 0.05) is 6.42 Å². The summed E-state index contributed by atoms with van der Waals surface area (Å²) >= 11 is 0. The standard InChI is InChI=1S/C15H17N2O3/c1-15(2,3)20-14(19)17(11-16)13(10-18)9-12-7-5-4-6-8-12/h4-8,13H,9H2,1-3H3/t13-/m0/s1. The lowest BCUT2D eigenvalue weighted by atomic mass is 10.1. The van der Waals surface area contributed by atoms with E-state index in [0.29, 0.717) is 4.90 Å². The molecule has 0 N–H and O–H groups in total. The molecule has 1 atom stereocenters. The van der Waals surface area contributed by atoms with Crippen LogP contribution in [0, 0.1) is 11.5 Å². The Hall–Kier alpha value is -2.35. The molecule has 5 nitrogen and oxygen atoms in total. The molecule has 1 aromatic carbocycles. The maximum Gasteiger partial charge on any atom is 0.424 e. The Morgan fingerprint density at radius 1 is 1.35 bits per heavy atom. The van der Waals surface area contributed by atoms with Gasteiger partial charge in [-0.15, -0.1) is 0 Å². The summed E-state index contributed by atoms with van der Waals surface area (Å²) in [6.45, 7) is 5.08. The fourth-order valence-corrected chi connectivity index (χ4v) is 1.57. The van der Waals surface area contributed by atoms with Crippen LogP contribution in [0.1, 0.15) is 26.3 Å². The molecular formula is C15H17N2O3. The molecule has 1 aromatic rings. The van der Waals surface area contributed by atoms with E-state index in [2.05, 4.69) is 0 Å². The number of amides is 1. The highest BCUT2D eigenvalue weighted by Crippen LogP contribution is 2.13. The average molecular weight is 273 g/mol. The zero-order valence-corrected chi connectivity index (χ0v) is 11.8. The number of rotatable bonds is 4. The van der Waals surface area contributed by atoms with Crippen LogP contribution in [-0.4, -0.2) is 28.9 Å². The number of hydrogen-bond acceptors (Lipinski definition) is 4. The van der Waals surface area contributed by atoms with Crippen molar-refractivity contribution in [2.75, 3.05) is 0 Å². The van der Waals surface area contributed by atoms with Crippen LogP contribution in [0.3, 0.4) is 0 Å². The van der Waals surface area contributed by atoms with Crippen molar-refractivity contribution >= 4 is 12.4 Å². The summed E-state index contributed by atoms with van der Waals surface area (Å²) in [5, 5.41) is 9.07. The molecule has 0 spiro atoms. The average Bonchev–Trinajstić information content (AvgIpc) is 2.37. The molecule has 5 heteroatoms. The lowest BCUT2D eigenvalue weighted by Crippen LogP contribution is -2.42. The van der Waals surface area contributed by atoms with Crippen LogP contribution in [0.5, 0.6) is 0 Å². The highest BCUT2D eigenvalue weighted by atomic mass is 16.6. The Bertz CT molecular complexity index is 500. The predicted octanol–water partition coefficient (Wildman–Crippen LogP) is 2.43. The lowest BCUT2D eigenvalue weighted by Gasteiger charge is -2.25. The molecule has 1 rings (SSSR count). The molecule has 0 aromatic heterocycles. The van der Waals surface area contributed by atoms with E-state index in [1.807, 2.05) is 30.3 Å². The number of carbonyl (C=O) groups excluding carboxylic acids is 2. The maximum atomic E-state index is 11.9. The summed E-state index contributed by atoms with van der Waals surface area (Å²) in [7, 11) is 0. The van der Waals surface area contributed by atoms with Crippen LogP contribution in [0.15, 0.2) is 30.3 Å². The van der Waals surface area contributed by atoms with Crippen molar-refractivity contribution in [1.29, 1.82) is 5.26 Å². The van der Waals surface area contributed by atoms with Gasteiger partial charge in [0.05, 0.1) is 0 Å². The summed E-state index contributed by atoms with van der Waals surface area (Å²) < 4.78 is 5.10. The number of ether oxygens (including phenoxy) is 1. The van der Waals surface area contributed by atoms with Gasteiger partial charge in [0.2, 0.25) is 6.29 Å². The highest BCUT2D eigenvalue weighted by Gasteiger charge is 2.29. The smallest absolute Gasteiger partial charge is 0.424 e. The van der Waals surface area contributed by atoms with E-state index >= 15 is 0 Å². The fraction of sp³-hybridized carbons (Fsp3) is 0.400. The van der Waals surface area contributed by atoms with Crippen LogP contribution >= 0.6 is 0 Å². The summed E-state index contributed by atoms with van der Waals surface area (Å²) in [6.07, 6.45) is 2.79. The molecule has 0 saturated carbocycles. The number of nitriles is 1. The summed E-state index contributed by atoms with van der Waals surface area (Å²) in [4.78, 5) is 23.7. The van der Waals surface area contributed by atoms with Crippen molar-refractivity contribution in [1.82, 2.24) is 4.90 Å². The first-order valence-corrected chi connectivity index (χ1v) is 6.21. The highest BCUT2D eigenvalue weighted by molar-refractivity contribution is 5.76.